The van der Waals surface area contributed by atoms with Gasteiger partial charge in [0, 0.05) is 29.9 Å². The second-order valence-corrected chi connectivity index (χ2v) is 7.87. The van der Waals surface area contributed by atoms with Crippen molar-refractivity contribution in [1.29, 1.82) is 0 Å². The van der Waals surface area contributed by atoms with Crippen molar-refractivity contribution < 1.29 is 9.47 Å². The van der Waals surface area contributed by atoms with E-state index < -0.39 is 0 Å². The third-order valence-corrected chi connectivity index (χ3v) is 6.39. The maximum absolute atomic E-state index is 6.01. The van der Waals surface area contributed by atoms with Crippen molar-refractivity contribution in [3.63, 3.8) is 0 Å². The summed E-state index contributed by atoms with van der Waals surface area (Å²) in [6, 6.07) is 18.4. The van der Waals surface area contributed by atoms with Gasteiger partial charge in [-0.1, -0.05) is 24.3 Å². The minimum Gasteiger partial charge on any atom is -0.493 e. The first-order valence-corrected chi connectivity index (χ1v) is 10.2. The molecule has 2 saturated heterocycles. The molecule has 2 fully saturated rings. The van der Waals surface area contributed by atoms with Gasteiger partial charge in [0.15, 0.2) is 11.5 Å². The highest BCUT2D eigenvalue weighted by atomic mass is 16.5. The van der Waals surface area contributed by atoms with E-state index in [1.165, 1.54) is 36.8 Å². The molecule has 2 atom stereocenters. The van der Waals surface area contributed by atoms with Crippen LogP contribution >= 0.6 is 0 Å². The molecule has 5 heteroatoms. The van der Waals surface area contributed by atoms with Crippen molar-refractivity contribution in [2.45, 2.75) is 43.7 Å². The fraction of sp³-hybridized carbons (Fsp3) is 0.435. The van der Waals surface area contributed by atoms with Crippen LogP contribution in [-0.4, -0.2) is 47.4 Å². The average Bonchev–Trinajstić information content (AvgIpc) is 3.26. The molecule has 2 aliphatic heterocycles. The molecule has 5 rings (SSSR count). The first-order chi connectivity index (χ1) is 13.8. The van der Waals surface area contributed by atoms with Gasteiger partial charge in [-0.2, -0.15) is 5.10 Å². The highest BCUT2D eigenvalue weighted by Gasteiger charge is 2.41. The topological polar surface area (TPSA) is 50.4 Å². The minimum absolute atomic E-state index is 0.551. The number of rotatable bonds is 6. The van der Waals surface area contributed by atoms with Gasteiger partial charge in [0.25, 0.3) is 0 Å². The molecule has 2 unspecified atom stereocenters. The second kappa shape index (κ2) is 7.47. The van der Waals surface area contributed by atoms with Gasteiger partial charge in [0.1, 0.15) is 6.61 Å². The zero-order valence-corrected chi connectivity index (χ0v) is 16.2. The van der Waals surface area contributed by atoms with Gasteiger partial charge in [-0.3, -0.25) is 10.00 Å². The van der Waals surface area contributed by atoms with Gasteiger partial charge >= 0.3 is 0 Å². The maximum Gasteiger partial charge on any atom is 0.161 e. The molecule has 1 aromatic heterocycles. The summed E-state index contributed by atoms with van der Waals surface area (Å²) in [7, 11) is 1.67. The summed E-state index contributed by atoms with van der Waals surface area (Å²) in [6.07, 6.45) is 4.95. The van der Waals surface area contributed by atoms with Crippen LogP contribution in [0.2, 0.25) is 0 Å². The van der Waals surface area contributed by atoms with Crippen LogP contribution < -0.4 is 9.47 Å². The average molecular weight is 376 g/mol. The van der Waals surface area contributed by atoms with Crippen molar-refractivity contribution in [2.75, 3.05) is 20.3 Å². The Labute approximate surface area is 165 Å². The molecule has 2 bridgehead atoms. The summed E-state index contributed by atoms with van der Waals surface area (Å²) in [5.74, 6) is 2.09. The third-order valence-electron chi connectivity index (χ3n) is 6.39. The van der Waals surface area contributed by atoms with Crippen LogP contribution in [0.1, 0.15) is 37.3 Å². The highest BCUT2D eigenvalue weighted by molar-refractivity contribution is 5.81. The number of nitrogens with one attached hydrogen (secondary N) is 1. The molecular weight excluding hydrogens is 350 g/mol. The molecule has 5 nitrogen and oxygen atoms in total. The predicted molar refractivity (Wildman–Crippen MR) is 109 cm³/mol. The number of aromatic nitrogens is 2. The number of aromatic amines is 1. The number of hydrogen-bond acceptors (Lipinski definition) is 4. The van der Waals surface area contributed by atoms with E-state index in [1.807, 2.05) is 18.2 Å². The fourth-order valence-electron chi connectivity index (χ4n) is 5.10. The lowest BCUT2D eigenvalue weighted by atomic mass is 9.87. The van der Waals surface area contributed by atoms with E-state index in [0.717, 1.165) is 23.6 Å². The number of methoxy groups -OCH3 is 1. The van der Waals surface area contributed by atoms with E-state index in [-0.39, 0.29) is 0 Å². The number of piperidine rings is 1. The number of fused-ring (bicyclic) bond motifs is 3. The Balaban J connectivity index is 1.24. The normalized spacial score (nSPS) is 24.5. The fourth-order valence-corrected chi connectivity index (χ4v) is 5.10. The summed E-state index contributed by atoms with van der Waals surface area (Å²) >= 11 is 0. The molecule has 0 aliphatic carbocycles. The van der Waals surface area contributed by atoms with Crippen molar-refractivity contribution in [3.05, 3.63) is 54.2 Å². The lowest BCUT2D eigenvalue weighted by Crippen LogP contribution is -2.44. The summed E-state index contributed by atoms with van der Waals surface area (Å²) in [6.45, 7) is 1.65. The second-order valence-electron chi connectivity index (χ2n) is 7.87. The van der Waals surface area contributed by atoms with Crippen LogP contribution in [0, 0.1) is 6.07 Å². The summed E-state index contributed by atoms with van der Waals surface area (Å²) in [5, 5.41) is 9.18. The van der Waals surface area contributed by atoms with Gasteiger partial charge in [-0.25, -0.2) is 0 Å². The minimum atomic E-state index is 0.551. The van der Waals surface area contributed by atoms with E-state index >= 15 is 0 Å². The molecule has 145 valence electrons. The molecule has 1 N–H and O–H groups in total. The van der Waals surface area contributed by atoms with Crippen LogP contribution in [-0.2, 0) is 0 Å². The van der Waals surface area contributed by atoms with Crippen LogP contribution in [0.5, 0.6) is 11.5 Å². The van der Waals surface area contributed by atoms with Crippen molar-refractivity contribution in [1.82, 2.24) is 15.1 Å². The van der Waals surface area contributed by atoms with Crippen LogP contribution in [0.3, 0.4) is 0 Å². The number of H-pyrrole nitrogens is 1. The first kappa shape index (κ1) is 17.6. The van der Waals surface area contributed by atoms with E-state index in [1.54, 1.807) is 7.11 Å². The number of hydrogen-bond donors (Lipinski definition) is 1. The third kappa shape index (κ3) is 3.14. The molecule has 0 amide bonds. The molecular formula is C23H26N3O2. The maximum atomic E-state index is 6.01. The number of nitrogens with zero attached hydrogens (tertiary/aromatic N) is 2. The van der Waals surface area contributed by atoms with Gasteiger partial charge in [-0.15, -0.1) is 0 Å². The summed E-state index contributed by atoms with van der Waals surface area (Å²) < 4.78 is 11.4. The Morgan fingerprint density at radius 3 is 2.79 bits per heavy atom. The Kier molecular flexibility index (Phi) is 4.69. The zero-order valence-electron chi connectivity index (χ0n) is 16.2. The quantitative estimate of drug-likeness (QED) is 0.702. The van der Waals surface area contributed by atoms with E-state index in [9.17, 15) is 0 Å². The Morgan fingerprint density at radius 1 is 1.14 bits per heavy atom. The molecule has 3 aromatic rings. The molecule has 1 radical (unpaired) electrons. The molecule has 3 heterocycles. The van der Waals surface area contributed by atoms with Gasteiger partial charge in [0.05, 0.1) is 18.3 Å². The standard InChI is InChI=1S/C23H26N3O2/c1-27-21-8-4-5-9-22(21)28-13-12-26-17-10-11-18(26)15-16(14-17)23-19-6-2-3-7-20(19)24-25-23/h2-3,5-9,16-18H,10-15H2,1H3,(H,24,25). The van der Waals surface area contributed by atoms with Crippen LogP contribution in [0.25, 0.3) is 10.9 Å². The lowest BCUT2D eigenvalue weighted by molar-refractivity contribution is 0.104. The van der Waals surface area contributed by atoms with E-state index in [4.69, 9.17) is 9.47 Å². The Morgan fingerprint density at radius 2 is 1.96 bits per heavy atom. The molecule has 28 heavy (non-hydrogen) atoms. The lowest BCUT2D eigenvalue weighted by Gasteiger charge is -2.38. The molecule has 2 aromatic carbocycles. The number of benzene rings is 2. The first-order valence-electron chi connectivity index (χ1n) is 10.2. The van der Waals surface area contributed by atoms with Gasteiger partial charge < -0.3 is 9.47 Å². The van der Waals surface area contributed by atoms with Crippen molar-refractivity contribution >= 4 is 10.9 Å². The van der Waals surface area contributed by atoms with E-state index in [0.29, 0.717) is 24.6 Å². The highest BCUT2D eigenvalue weighted by Crippen LogP contribution is 2.43. The molecule has 0 saturated carbocycles. The Hall–Kier alpha value is -2.53. The number of ether oxygens (including phenoxy) is 2. The van der Waals surface area contributed by atoms with Crippen LogP contribution in [0.15, 0.2) is 42.5 Å². The van der Waals surface area contributed by atoms with Gasteiger partial charge in [0.2, 0.25) is 0 Å². The number of para-hydroxylation sites is 1. The van der Waals surface area contributed by atoms with Gasteiger partial charge in [-0.05, 0) is 49.9 Å². The molecule has 2 aliphatic rings. The van der Waals surface area contributed by atoms with Crippen molar-refractivity contribution in [2.24, 2.45) is 0 Å². The monoisotopic (exact) mass is 376 g/mol. The van der Waals surface area contributed by atoms with Crippen LogP contribution in [0.4, 0.5) is 0 Å². The summed E-state index contributed by atoms with van der Waals surface area (Å²) in [5.41, 5.74) is 2.41. The van der Waals surface area contributed by atoms with E-state index in [2.05, 4.69) is 45.4 Å². The smallest absolute Gasteiger partial charge is 0.161 e. The zero-order chi connectivity index (χ0) is 18.9. The SMILES string of the molecule is COc1c[c]ccc1OCCN1C2CCC1CC(c1n[nH]c3ccccc13)C2. The largest absolute Gasteiger partial charge is 0.493 e. The van der Waals surface area contributed by atoms with Crippen molar-refractivity contribution in [3.8, 4) is 11.5 Å². The molecule has 0 spiro atoms. The predicted octanol–water partition coefficient (Wildman–Crippen LogP) is 4.16. The summed E-state index contributed by atoms with van der Waals surface area (Å²) in [4.78, 5) is 2.66. The Bertz CT molecular complexity index is 940.